The van der Waals surface area contributed by atoms with Crippen molar-refractivity contribution in [1.29, 1.82) is 0 Å². The number of hydrogen-bond acceptors (Lipinski definition) is 4. The van der Waals surface area contributed by atoms with Crippen molar-refractivity contribution >= 4 is 11.0 Å². The summed E-state index contributed by atoms with van der Waals surface area (Å²) >= 11 is 0. The number of ether oxygens (including phenoxy) is 1. The molecule has 5 nitrogen and oxygen atoms in total. The zero-order valence-corrected chi connectivity index (χ0v) is 11.2. The summed E-state index contributed by atoms with van der Waals surface area (Å²) in [5.41, 5.74) is 1.06. The van der Waals surface area contributed by atoms with Crippen LogP contribution >= 0.6 is 0 Å². The third-order valence-electron chi connectivity index (χ3n) is 3.19. The molecule has 0 radical (unpaired) electrons. The van der Waals surface area contributed by atoms with E-state index in [2.05, 4.69) is 0 Å². The first kappa shape index (κ1) is 13.1. The van der Waals surface area contributed by atoms with Crippen LogP contribution < -0.4 is 4.74 Å². The van der Waals surface area contributed by atoms with Crippen molar-refractivity contribution in [1.82, 2.24) is 0 Å². The highest BCUT2D eigenvalue weighted by Crippen LogP contribution is 2.35. The Morgan fingerprint density at radius 3 is 2.43 bits per heavy atom. The van der Waals surface area contributed by atoms with Crippen LogP contribution in [0, 0.1) is 0 Å². The third kappa shape index (κ3) is 2.29. The number of methoxy groups -OCH3 is 1. The van der Waals surface area contributed by atoms with Crippen molar-refractivity contribution in [3.8, 4) is 34.3 Å². The molecule has 3 N–H and O–H groups in total. The Morgan fingerprint density at radius 1 is 0.905 bits per heavy atom. The molecule has 106 valence electrons. The molecule has 0 saturated carbocycles. The van der Waals surface area contributed by atoms with Crippen LogP contribution in [-0.2, 0) is 0 Å². The van der Waals surface area contributed by atoms with Gasteiger partial charge in [0.05, 0.1) is 18.7 Å². The van der Waals surface area contributed by atoms with Crippen LogP contribution in [-0.4, -0.2) is 22.4 Å². The van der Waals surface area contributed by atoms with E-state index in [1.165, 1.54) is 31.4 Å². The van der Waals surface area contributed by atoms with Crippen LogP contribution in [0.15, 0.2) is 46.9 Å². The molecule has 3 rings (SSSR count). The number of aromatic hydroxyl groups is 3. The minimum atomic E-state index is -0.226. The number of phenolic OH excluding ortho intramolecular Hbond substituents is 3. The van der Waals surface area contributed by atoms with E-state index in [4.69, 9.17) is 9.15 Å². The summed E-state index contributed by atoms with van der Waals surface area (Å²) in [5.74, 6) is 0.614. The van der Waals surface area contributed by atoms with Gasteiger partial charge in [0.2, 0.25) is 0 Å². The Labute approximate surface area is 120 Å². The van der Waals surface area contributed by atoms with Crippen LogP contribution in [0.25, 0.3) is 22.3 Å². The maximum atomic E-state index is 9.67. The summed E-state index contributed by atoms with van der Waals surface area (Å²) in [7, 11) is 1.51. The quantitative estimate of drug-likeness (QED) is 0.496. The zero-order valence-electron chi connectivity index (χ0n) is 11.2. The fraction of sp³-hybridized carbons (Fsp3) is 0.0625. The van der Waals surface area contributed by atoms with E-state index in [0.29, 0.717) is 22.7 Å². The topological polar surface area (TPSA) is 81.2 Å². The highest BCUT2D eigenvalue weighted by molar-refractivity contribution is 5.86. The van der Waals surface area contributed by atoms with E-state index in [-0.39, 0.29) is 17.2 Å². The van der Waals surface area contributed by atoms with Gasteiger partial charge >= 0.3 is 11.3 Å². The molecule has 0 aliphatic rings. The molecule has 2 aromatic carbocycles. The molecule has 0 bridgehead atoms. The second-order valence-electron chi connectivity index (χ2n) is 4.56. The molecule has 0 saturated heterocycles. The largest absolute Gasteiger partial charge is 0.507 e. The molecule has 0 atom stereocenters. The number of rotatable bonds is 2. The molecular weight excluding hydrogens is 272 g/mol. The van der Waals surface area contributed by atoms with E-state index in [1.54, 1.807) is 18.2 Å². The molecule has 3 aromatic rings. The molecule has 0 amide bonds. The van der Waals surface area contributed by atoms with Gasteiger partial charge in [-0.1, -0.05) is 0 Å². The summed E-state index contributed by atoms with van der Waals surface area (Å²) in [6.45, 7) is 0. The Hall–Kier alpha value is -2.95. The van der Waals surface area contributed by atoms with E-state index in [9.17, 15) is 15.3 Å². The van der Waals surface area contributed by atoms with Crippen LogP contribution in [0.5, 0.6) is 23.0 Å². The van der Waals surface area contributed by atoms with Gasteiger partial charge in [0, 0.05) is 18.2 Å². The first-order chi connectivity index (χ1) is 10.1. The van der Waals surface area contributed by atoms with Crippen molar-refractivity contribution in [2.45, 2.75) is 0 Å². The van der Waals surface area contributed by atoms with Crippen molar-refractivity contribution in [3.05, 3.63) is 42.5 Å². The summed E-state index contributed by atoms with van der Waals surface area (Å²) < 4.78 is 10.9. The van der Waals surface area contributed by atoms with Crippen molar-refractivity contribution in [2.24, 2.45) is 0 Å². The summed E-state index contributed by atoms with van der Waals surface area (Å²) in [6, 6.07) is 10.9. The number of phenols is 3. The molecule has 1 aromatic heterocycles. The van der Waals surface area contributed by atoms with Gasteiger partial charge in [-0.25, -0.2) is 4.42 Å². The SMILES string of the molecule is COc1cc(O)cc2[o+]c(-c3ccc(O)c(O)c3)ccc12. The van der Waals surface area contributed by atoms with Crippen LogP contribution in [0.1, 0.15) is 0 Å². The Bertz CT molecular complexity index is 826. The number of benzene rings is 2. The molecule has 0 spiro atoms. The Morgan fingerprint density at radius 2 is 1.71 bits per heavy atom. The van der Waals surface area contributed by atoms with Gasteiger partial charge in [-0.15, -0.1) is 0 Å². The normalized spacial score (nSPS) is 10.7. The van der Waals surface area contributed by atoms with Crippen molar-refractivity contribution in [2.75, 3.05) is 7.11 Å². The molecule has 5 heteroatoms. The van der Waals surface area contributed by atoms with Gasteiger partial charge in [0.25, 0.3) is 0 Å². The molecule has 1 heterocycles. The zero-order chi connectivity index (χ0) is 15.0. The highest BCUT2D eigenvalue weighted by Gasteiger charge is 2.19. The predicted molar refractivity (Wildman–Crippen MR) is 77.6 cm³/mol. The Balaban J connectivity index is 2.18. The van der Waals surface area contributed by atoms with Gasteiger partial charge in [-0.05, 0) is 18.2 Å². The average Bonchev–Trinajstić information content (AvgIpc) is 2.48. The van der Waals surface area contributed by atoms with E-state index >= 15 is 0 Å². The standard InChI is InChI=1S/C16H12O5/c1-20-15-7-10(17)8-16-11(15)3-5-14(21-16)9-2-4-12(18)13(19)6-9/h2-8H,1H3,(H2-,17,18,19)/p+1. The first-order valence-electron chi connectivity index (χ1n) is 6.24. The van der Waals surface area contributed by atoms with Gasteiger partial charge in [0.15, 0.2) is 11.5 Å². The van der Waals surface area contributed by atoms with Gasteiger partial charge in [0.1, 0.15) is 16.9 Å². The summed E-state index contributed by atoms with van der Waals surface area (Å²) in [6.07, 6.45) is 0. The lowest BCUT2D eigenvalue weighted by Gasteiger charge is -2.02. The van der Waals surface area contributed by atoms with Gasteiger partial charge in [-0.2, -0.15) is 0 Å². The minimum absolute atomic E-state index is 0.0359. The smallest absolute Gasteiger partial charge is 0.368 e. The molecule has 0 fully saturated rings. The number of fused-ring (bicyclic) bond motifs is 1. The van der Waals surface area contributed by atoms with Gasteiger partial charge in [-0.3, -0.25) is 0 Å². The second-order valence-corrected chi connectivity index (χ2v) is 4.56. The minimum Gasteiger partial charge on any atom is -0.507 e. The summed E-state index contributed by atoms with van der Waals surface area (Å²) in [5, 5.41) is 29.3. The lowest BCUT2D eigenvalue weighted by Crippen LogP contribution is -1.86. The number of hydrogen-bond donors (Lipinski definition) is 3. The fourth-order valence-corrected chi connectivity index (χ4v) is 2.15. The molecular formula is C16H13O5+. The highest BCUT2D eigenvalue weighted by atomic mass is 16.5. The lowest BCUT2D eigenvalue weighted by molar-refractivity contribution is 0.404. The van der Waals surface area contributed by atoms with Crippen LogP contribution in [0.4, 0.5) is 0 Å². The maximum absolute atomic E-state index is 9.67. The molecule has 0 aliphatic carbocycles. The van der Waals surface area contributed by atoms with Crippen LogP contribution in [0.3, 0.4) is 0 Å². The monoisotopic (exact) mass is 285 g/mol. The second kappa shape index (κ2) is 4.86. The maximum Gasteiger partial charge on any atom is 0.368 e. The van der Waals surface area contributed by atoms with Crippen LogP contribution in [0.2, 0.25) is 0 Å². The average molecular weight is 285 g/mol. The van der Waals surface area contributed by atoms with E-state index in [1.807, 2.05) is 0 Å². The Kier molecular flexibility index (Phi) is 3.02. The predicted octanol–water partition coefficient (Wildman–Crippen LogP) is 3.51. The third-order valence-corrected chi connectivity index (χ3v) is 3.19. The molecule has 21 heavy (non-hydrogen) atoms. The van der Waals surface area contributed by atoms with Crippen molar-refractivity contribution < 1.29 is 24.5 Å². The molecule has 0 unspecified atom stereocenters. The van der Waals surface area contributed by atoms with Gasteiger partial charge < -0.3 is 20.1 Å². The first-order valence-corrected chi connectivity index (χ1v) is 6.24. The summed E-state index contributed by atoms with van der Waals surface area (Å²) in [4.78, 5) is 0. The lowest BCUT2D eigenvalue weighted by atomic mass is 10.1. The van der Waals surface area contributed by atoms with E-state index in [0.717, 1.165) is 5.39 Å². The molecule has 0 aliphatic heterocycles. The fourth-order valence-electron chi connectivity index (χ4n) is 2.15. The van der Waals surface area contributed by atoms with Crippen molar-refractivity contribution in [3.63, 3.8) is 0 Å². The van der Waals surface area contributed by atoms with E-state index < -0.39 is 0 Å².